The van der Waals surface area contributed by atoms with Gasteiger partial charge in [-0.2, -0.15) is 10.4 Å². The number of hydrogen-bond donors (Lipinski definition) is 0. The topological polar surface area (TPSA) is 44.9 Å². The maximum absolute atomic E-state index is 9.25. The molecule has 0 saturated heterocycles. The van der Waals surface area contributed by atoms with Gasteiger partial charge in [-0.3, -0.25) is 0 Å². The molecule has 0 saturated carbocycles. The van der Waals surface area contributed by atoms with E-state index in [0.717, 1.165) is 40.9 Å². The Morgan fingerprint density at radius 1 is 1.37 bits per heavy atom. The summed E-state index contributed by atoms with van der Waals surface area (Å²) >= 11 is 3.55. The third-order valence-corrected chi connectivity index (χ3v) is 4.11. The minimum atomic E-state index is 0.539. The number of halogens is 1. The van der Waals surface area contributed by atoms with Crippen LogP contribution in [0.4, 0.5) is 0 Å². The predicted molar refractivity (Wildman–Crippen MR) is 76.0 cm³/mol. The molecule has 0 fully saturated rings. The lowest BCUT2D eigenvalue weighted by molar-refractivity contribution is 0.310. The van der Waals surface area contributed by atoms with Gasteiger partial charge in [0.2, 0.25) is 0 Å². The van der Waals surface area contributed by atoms with Gasteiger partial charge in [0.05, 0.1) is 11.4 Å². The van der Waals surface area contributed by atoms with E-state index >= 15 is 0 Å². The van der Waals surface area contributed by atoms with E-state index in [1.807, 2.05) is 28.9 Å². The van der Waals surface area contributed by atoms with Crippen LogP contribution in [0.3, 0.4) is 0 Å². The monoisotopic (exact) mass is 316 g/mol. The molecule has 2 heterocycles. The zero-order chi connectivity index (χ0) is 13.4. The average molecular weight is 317 g/mol. The number of hydrogen-bond acceptors (Lipinski definition) is 3. The van der Waals surface area contributed by atoms with Crippen molar-refractivity contribution in [1.82, 2.24) is 14.7 Å². The maximum atomic E-state index is 9.25. The van der Waals surface area contributed by atoms with Crippen LogP contribution in [0.15, 0.2) is 28.7 Å². The van der Waals surface area contributed by atoms with Gasteiger partial charge >= 0.3 is 0 Å². The van der Waals surface area contributed by atoms with Crippen molar-refractivity contribution in [1.29, 1.82) is 5.26 Å². The summed E-state index contributed by atoms with van der Waals surface area (Å²) in [5.41, 5.74) is 3.75. The van der Waals surface area contributed by atoms with E-state index < -0.39 is 0 Å². The lowest BCUT2D eigenvalue weighted by atomic mass is 10.1. The van der Waals surface area contributed by atoms with E-state index in [2.05, 4.69) is 39.0 Å². The molecule has 0 unspecified atom stereocenters. The smallest absolute Gasteiger partial charge is 0.167 e. The van der Waals surface area contributed by atoms with Crippen LogP contribution in [0.25, 0.3) is 5.69 Å². The summed E-state index contributed by atoms with van der Waals surface area (Å²) in [5.74, 6) is 0. The van der Waals surface area contributed by atoms with Gasteiger partial charge in [-0.25, -0.2) is 4.68 Å². The Kier molecular flexibility index (Phi) is 3.13. The molecule has 5 heteroatoms. The van der Waals surface area contributed by atoms with E-state index in [9.17, 15) is 5.26 Å². The number of nitriles is 1. The Bertz CT molecular complexity index is 669. The first kappa shape index (κ1) is 12.4. The lowest BCUT2D eigenvalue weighted by Gasteiger charge is -2.23. The molecular weight excluding hydrogens is 304 g/mol. The van der Waals surface area contributed by atoms with Gasteiger partial charge in [0, 0.05) is 29.5 Å². The minimum absolute atomic E-state index is 0.539. The second-order valence-corrected chi connectivity index (χ2v) is 5.59. The van der Waals surface area contributed by atoms with Crippen LogP contribution in [0.1, 0.15) is 17.0 Å². The van der Waals surface area contributed by atoms with E-state index in [0.29, 0.717) is 5.69 Å². The fourth-order valence-corrected chi connectivity index (χ4v) is 2.92. The van der Waals surface area contributed by atoms with Crippen LogP contribution < -0.4 is 0 Å². The van der Waals surface area contributed by atoms with Crippen LogP contribution in [0.2, 0.25) is 0 Å². The highest BCUT2D eigenvalue weighted by molar-refractivity contribution is 9.10. The normalized spacial score (nSPS) is 15.0. The molecule has 0 radical (unpaired) electrons. The van der Waals surface area contributed by atoms with Crippen LogP contribution in [0.5, 0.6) is 0 Å². The molecule has 4 nitrogen and oxygen atoms in total. The van der Waals surface area contributed by atoms with Gasteiger partial charge in [0.1, 0.15) is 6.07 Å². The maximum Gasteiger partial charge on any atom is 0.167 e. The number of rotatable bonds is 1. The van der Waals surface area contributed by atoms with Gasteiger partial charge in [-0.1, -0.05) is 12.1 Å². The van der Waals surface area contributed by atoms with Crippen molar-refractivity contribution >= 4 is 15.9 Å². The highest BCUT2D eigenvalue weighted by atomic mass is 79.9. The predicted octanol–water partition coefficient (Wildman–Crippen LogP) is 2.49. The molecular formula is C14H13BrN4. The highest BCUT2D eigenvalue weighted by Gasteiger charge is 2.24. The molecule has 0 spiro atoms. The summed E-state index contributed by atoms with van der Waals surface area (Å²) in [6.45, 7) is 1.79. The number of benzene rings is 1. The molecule has 0 atom stereocenters. The molecule has 0 bridgehead atoms. The molecule has 3 rings (SSSR count). The molecule has 1 aromatic heterocycles. The number of para-hydroxylation sites is 1. The molecule has 1 aliphatic heterocycles. The molecule has 0 N–H and O–H groups in total. The van der Waals surface area contributed by atoms with Crippen molar-refractivity contribution in [3.63, 3.8) is 0 Å². The van der Waals surface area contributed by atoms with E-state index in [-0.39, 0.29) is 0 Å². The first-order valence-electron chi connectivity index (χ1n) is 6.15. The van der Waals surface area contributed by atoms with E-state index in [1.165, 1.54) is 0 Å². The van der Waals surface area contributed by atoms with Gasteiger partial charge < -0.3 is 4.90 Å². The van der Waals surface area contributed by atoms with Crippen molar-refractivity contribution < 1.29 is 0 Å². The summed E-state index contributed by atoms with van der Waals surface area (Å²) in [7, 11) is 2.07. The molecule has 1 aromatic carbocycles. The van der Waals surface area contributed by atoms with Crippen molar-refractivity contribution in [3.8, 4) is 11.8 Å². The Hall–Kier alpha value is -1.64. The lowest BCUT2D eigenvalue weighted by Crippen LogP contribution is -2.27. The van der Waals surface area contributed by atoms with Gasteiger partial charge in [-0.15, -0.1) is 0 Å². The number of fused-ring (bicyclic) bond motifs is 1. The summed E-state index contributed by atoms with van der Waals surface area (Å²) in [4.78, 5) is 2.22. The Morgan fingerprint density at radius 3 is 2.89 bits per heavy atom. The average Bonchev–Trinajstić information content (AvgIpc) is 2.77. The standard InChI is InChI=1S/C14H13BrN4/c1-18-7-6-13-10(9-18)12(8-16)17-19(13)14-5-3-2-4-11(14)15/h2-5H,6-7,9H2,1H3. The summed E-state index contributed by atoms with van der Waals surface area (Å²) in [5, 5.41) is 13.7. The van der Waals surface area contributed by atoms with Crippen LogP contribution >= 0.6 is 15.9 Å². The van der Waals surface area contributed by atoms with Crippen molar-refractivity contribution in [3.05, 3.63) is 45.7 Å². The number of nitrogens with zero attached hydrogens (tertiary/aromatic N) is 4. The molecule has 2 aromatic rings. The fourth-order valence-electron chi connectivity index (χ4n) is 2.47. The first-order chi connectivity index (χ1) is 9.20. The Labute approximate surface area is 120 Å². The zero-order valence-corrected chi connectivity index (χ0v) is 12.2. The van der Waals surface area contributed by atoms with Crippen molar-refractivity contribution in [2.75, 3.05) is 13.6 Å². The molecule has 19 heavy (non-hydrogen) atoms. The van der Waals surface area contributed by atoms with Gasteiger partial charge in [0.15, 0.2) is 5.69 Å². The van der Waals surface area contributed by atoms with Crippen LogP contribution in [-0.4, -0.2) is 28.3 Å². The quantitative estimate of drug-likeness (QED) is 0.812. The third-order valence-electron chi connectivity index (χ3n) is 3.43. The van der Waals surface area contributed by atoms with E-state index in [1.54, 1.807) is 0 Å². The van der Waals surface area contributed by atoms with Crippen molar-refractivity contribution in [2.45, 2.75) is 13.0 Å². The van der Waals surface area contributed by atoms with Gasteiger partial charge in [0.25, 0.3) is 0 Å². The zero-order valence-electron chi connectivity index (χ0n) is 10.6. The Morgan fingerprint density at radius 2 is 2.16 bits per heavy atom. The van der Waals surface area contributed by atoms with E-state index in [4.69, 9.17) is 0 Å². The summed E-state index contributed by atoms with van der Waals surface area (Å²) < 4.78 is 2.90. The third kappa shape index (κ3) is 2.07. The first-order valence-corrected chi connectivity index (χ1v) is 6.94. The highest BCUT2D eigenvalue weighted by Crippen LogP contribution is 2.27. The molecule has 1 aliphatic rings. The van der Waals surface area contributed by atoms with Crippen molar-refractivity contribution in [2.24, 2.45) is 0 Å². The Balaban J connectivity index is 2.19. The summed E-state index contributed by atoms with van der Waals surface area (Å²) in [6.07, 6.45) is 0.918. The molecule has 0 aliphatic carbocycles. The second kappa shape index (κ2) is 4.80. The molecule has 96 valence electrons. The SMILES string of the molecule is CN1CCc2c(c(C#N)nn2-c2ccccc2Br)C1. The van der Waals surface area contributed by atoms with Crippen LogP contribution in [-0.2, 0) is 13.0 Å². The largest absolute Gasteiger partial charge is 0.302 e. The number of aromatic nitrogens is 2. The summed E-state index contributed by atoms with van der Waals surface area (Å²) in [6, 6.07) is 10.2. The molecule has 0 amide bonds. The van der Waals surface area contributed by atoms with Crippen LogP contribution in [0, 0.1) is 11.3 Å². The second-order valence-electron chi connectivity index (χ2n) is 4.74. The number of likely N-dealkylation sites (N-methyl/N-ethyl adjacent to an activating group) is 1. The minimum Gasteiger partial charge on any atom is -0.302 e. The fraction of sp³-hybridized carbons (Fsp3) is 0.286. The van der Waals surface area contributed by atoms with Gasteiger partial charge in [-0.05, 0) is 35.1 Å².